The number of benzene rings is 8. The number of aromatic nitrogens is 3. The number of fused-ring (bicyclic) bond motifs is 9. The minimum atomic E-state index is 0.555. The van der Waals surface area contributed by atoms with Crippen molar-refractivity contribution in [2.75, 3.05) is 0 Å². The molecule has 0 saturated heterocycles. The first-order chi connectivity index (χ1) is 27.2. The van der Waals surface area contributed by atoms with E-state index in [2.05, 4.69) is 159 Å². The molecular weight excluding hydrogens is 671 g/mol. The summed E-state index contributed by atoms with van der Waals surface area (Å²) in [5.41, 5.74) is 12.0. The Morgan fingerprint density at radius 2 is 0.818 bits per heavy atom. The van der Waals surface area contributed by atoms with Gasteiger partial charge in [0.25, 0.3) is 0 Å². The molecule has 0 fully saturated rings. The molecule has 0 radical (unpaired) electrons. The van der Waals surface area contributed by atoms with E-state index in [4.69, 9.17) is 0 Å². The molecular formula is C50H29N5. The van der Waals surface area contributed by atoms with Crippen LogP contribution < -0.4 is 0 Å². The molecule has 0 aliphatic rings. The van der Waals surface area contributed by atoms with E-state index in [0.717, 1.165) is 71.8 Å². The zero-order valence-corrected chi connectivity index (χ0v) is 29.5. The Kier molecular flexibility index (Phi) is 6.61. The average Bonchev–Trinajstić information content (AvgIpc) is 3.89. The smallest absolute Gasteiger partial charge is 0.101 e. The fourth-order valence-electron chi connectivity index (χ4n) is 8.90. The Hall–Kier alpha value is -7.86. The molecule has 254 valence electrons. The fraction of sp³-hybridized carbons (Fsp3) is 0. The van der Waals surface area contributed by atoms with Crippen molar-refractivity contribution >= 4 is 65.4 Å². The summed E-state index contributed by atoms with van der Waals surface area (Å²) >= 11 is 0. The maximum Gasteiger partial charge on any atom is 0.101 e. The van der Waals surface area contributed by atoms with E-state index >= 15 is 0 Å². The van der Waals surface area contributed by atoms with Crippen molar-refractivity contribution in [3.63, 3.8) is 0 Å². The second-order valence-electron chi connectivity index (χ2n) is 13.9. The lowest BCUT2D eigenvalue weighted by molar-refractivity contribution is 1.15. The topological polar surface area (TPSA) is 62.4 Å². The maximum absolute atomic E-state index is 10.7. The molecule has 0 spiro atoms. The van der Waals surface area contributed by atoms with Crippen LogP contribution in [0.15, 0.2) is 176 Å². The highest BCUT2D eigenvalue weighted by atomic mass is 15.0. The largest absolute Gasteiger partial charge is 0.309 e. The van der Waals surface area contributed by atoms with Crippen molar-refractivity contribution in [2.45, 2.75) is 0 Å². The molecule has 0 atom stereocenters. The summed E-state index contributed by atoms with van der Waals surface area (Å²) in [7, 11) is 0. The van der Waals surface area contributed by atoms with Gasteiger partial charge >= 0.3 is 0 Å². The summed E-state index contributed by atoms with van der Waals surface area (Å²) in [6, 6.07) is 65.9. The molecule has 5 nitrogen and oxygen atoms in total. The second-order valence-corrected chi connectivity index (χ2v) is 13.9. The van der Waals surface area contributed by atoms with Gasteiger partial charge in [0.1, 0.15) is 6.07 Å². The SMILES string of the molecule is N#Cc1cccc(-n2c3ccccc3c3cccc(C#N)c32)c1-c1ccccc1-n1c2ccccc2c2cc(-n3c4ccccc4c4ccccc43)ccc21. The van der Waals surface area contributed by atoms with Crippen LogP contribution >= 0.6 is 0 Å². The standard InChI is InChI=1S/C50H29N5/c51-30-32-13-12-26-48(55-45-24-9-3-17-37(45)39-20-11-14-33(31-52)50(39)55)49(32)40-19-5-10-25-46(40)54-44-23-8-4-18-38(44)41-29-34(27-28-47(41)54)53-42-21-6-1-15-35(42)36-16-2-7-22-43(36)53/h1-29H. The summed E-state index contributed by atoms with van der Waals surface area (Å²) < 4.78 is 6.86. The van der Waals surface area contributed by atoms with Gasteiger partial charge in [-0.1, -0.05) is 109 Å². The predicted molar refractivity (Wildman–Crippen MR) is 224 cm³/mol. The van der Waals surface area contributed by atoms with Crippen molar-refractivity contribution < 1.29 is 0 Å². The quantitative estimate of drug-likeness (QED) is 0.184. The molecule has 5 heteroatoms. The molecule has 0 amide bonds. The van der Waals surface area contributed by atoms with Crippen molar-refractivity contribution in [1.29, 1.82) is 10.5 Å². The molecule has 0 saturated carbocycles. The van der Waals surface area contributed by atoms with E-state index in [1.165, 1.54) is 21.8 Å². The van der Waals surface area contributed by atoms with E-state index < -0.39 is 0 Å². The summed E-state index contributed by atoms with van der Waals surface area (Å²) in [5.74, 6) is 0. The van der Waals surface area contributed by atoms with Crippen LogP contribution in [0.1, 0.15) is 11.1 Å². The van der Waals surface area contributed by atoms with E-state index in [0.29, 0.717) is 11.1 Å². The Labute approximate surface area is 316 Å². The molecule has 55 heavy (non-hydrogen) atoms. The number of hydrogen-bond donors (Lipinski definition) is 0. The minimum Gasteiger partial charge on any atom is -0.309 e. The molecule has 3 aromatic heterocycles. The molecule has 8 aromatic carbocycles. The third-order valence-corrected chi connectivity index (χ3v) is 11.1. The monoisotopic (exact) mass is 699 g/mol. The molecule has 11 aromatic rings. The first kappa shape index (κ1) is 30.7. The molecule has 11 rings (SSSR count). The fourth-order valence-corrected chi connectivity index (χ4v) is 8.90. The lowest BCUT2D eigenvalue weighted by Crippen LogP contribution is -2.03. The number of rotatable bonds is 4. The number of nitrogens with zero attached hydrogens (tertiary/aromatic N) is 5. The van der Waals surface area contributed by atoms with Crippen LogP contribution in [0.4, 0.5) is 0 Å². The molecule has 3 heterocycles. The number of para-hydroxylation sites is 6. The highest BCUT2D eigenvalue weighted by Crippen LogP contribution is 2.43. The Morgan fingerprint density at radius 1 is 0.345 bits per heavy atom. The van der Waals surface area contributed by atoms with Crippen LogP contribution in [-0.4, -0.2) is 13.7 Å². The molecule has 0 unspecified atom stereocenters. The van der Waals surface area contributed by atoms with Gasteiger partial charge in [0, 0.05) is 49.1 Å². The lowest BCUT2D eigenvalue weighted by Gasteiger charge is -2.19. The zero-order chi connectivity index (χ0) is 36.6. The number of nitriles is 2. The second kappa shape index (κ2) is 11.8. The third kappa shape index (κ3) is 4.33. The maximum atomic E-state index is 10.7. The van der Waals surface area contributed by atoms with Crippen LogP contribution in [0.25, 0.3) is 93.6 Å². The molecule has 0 aliphatic carbocycles. The van der Waals surface area contributed by atoms with Crippen molar-refractivity contribution in [3.05, 3.63) is 187 Å². The lowest BCUT2D eigenvalue weighted by atomic mass is 9.96. The van der Waals surface area contributed by atoms with Gasteiger partial charge in [-0.25, -0.2) is 0 Å². The minimum absolute atomic E-state index is 0.555. The Balaban J connectivity index is 1.20. The van der Waals surface area contributed by atoms with Gasteiger partial charge in [0.2, 0.25) is 0 Å². The van der Waals surface area contributed by atoms with Gasteiger partial charge in [-0.3, -0.25) is 0 Å². The van der Waals surface area contributed by atoms with Gasteiger partial charge in [-0.2, -0.15) is 10.5 Å². The van der Waals surface area contributed by atoms with E-state index in [1.54, 1.807) is 0 Å². The zero-order valence-electron chi connectivity index (χ0n) is 29.5. The normalized spacial score (nSPS) is 11.6. The van der Waals surface area contributed by atoms with Gasteiger partial charge in [-0.05, 0) is 66.7 Å². The van der Waals surface area contributed by atoms with Crippen LogP contribution in [0.2, 0.25) is 0 Å². The summed E-state index contributed by atoms with van der Waals surface area (Å²) in [5, 5.41) is 27.9. The molecule has 0 bridgehead atoms. The first-order valence-corrected chi connectivity index (χ1v) is 18.3. The molecule has 0 N–H and O–H groups in total. The average molecular weight is 700 g/mol. The van der Waals surface area contributed by atoms with E-state index in [1.807, 2.05) is 42.5 Å². The van der Waals surface area contributed by atoms with Gasteiger partial charge in [-0.15, -0.1) is 0 Å². The van der Waals surface area contributed by atoms with Crippen molar-refractivity contribution in [2.24, 2.45) is 0 Å². The van der Waals surface area contributed by atoms with Crippen molar-refractivity contribution in [3.8, 4) is 40.3 Å². The van der Waals surface area contributed by atoms with Crippen molar-refractivity contribution in [1.82, 2.24) is 13.7 Å². The van der Waals surface area contributed by atoms with E-state index in [9.17, 15) is 10.5 Å². The Morgan fingerprint density at radius 3 is 1.49 bits per heavy atom. The van der Waals surface area contributed by atoms with Crippen LogP contribution in [0, 0.1) is 22.7 Å². The van der Waals surface area contributed by atoms with E-state index in [-0.39, 0.29) is 0 Å². The third-order valence-electron chi connectivity index (χ3n) is 11.1. The van der Waals surface area contributed by atoms with Gasteiger partial charge in [0.15, 0.2) is 0 Å². The van der Waals surface area contributed by atoms with Crippen LogP contribution in [-0.2, 0) is 0 Å². The predicted octanol–water partition coefficient (Wildman–Crippen LogP) is 12.4. The summed E-state index contributed by atoms with van der Waals surface area (Å²) in [4.78, 5) is 0. The van der Waals surface area contributed by atoms with Crippen LogP contribution in [0.3, 0.4) is 0 Å². The summed E-state index contributed by atoms with van der Waals surface area (Å²) in [6.45, 7) is 0. The Bertz CT molecular complexity index is 3420. The molecule has 0 aliphatic heterocycles. The highest BCUT2D eigenvalue weighted by Gasteiger charge is 2.23. The highest BCUT2D eigenvalue weighted by molar-refractivity contribution is 6.14. The summed E-state index contributed by atoms with van der Waals surface area (Å²) in [6.07, 6.45) is 0. The van der Waals surface area contributed by atoms with Crippen LogP contribution in [0.5, 0.6) is 0 Å². The van der Waals surface area contributed by atoms with Gasteiger partial charge in [0.05, 0.1) is 61.7 Å². The first-order valence-electron chi connectivity index (χ1n) is 18.3. The van der Waals surface area contributed by atoms with Gasteiger partial charge < -0.3 is 13.7 Å². The number of hydrogen-bond acceptors (Lipinski definition) is 2.